The van der Waals surface area contributed by atoms with Crippen LogP contribution in [0.2, 0.25) is 0 Å². The van der Waals surface area contributed by atoms with Crippen molar-refractivity contribution in [1.29, 1.82) is 0 Å². The molecule has 0 atom stereocenters. The second kappa shape index (κ2) is 7.05. The van der Waals surface area contributed by atoms with Crippen molar-refractivity contribution in [2.75, 3.05) is 7.11 Å². The van der Waals surface area contributed by atoms with E-state index in [-0.39, 0.29) is 5.52 Å². The van der Waals surface area contributed by atoms with Gasteiger partial charge in [0.25, 0.3) is 0 Å². The van der Waals surface area contributed by atoms with Gasteiger partial charge in [-0.1, -0.05) is 24.3 Å². The molecule has 6 nitrogen and oxygen atoms in total. The molecule has 0 aliphatic rings. The number of hydrogen-bond donors (Lipinski definition) is 0. The number of rotatable bonds is 3. The minimum absolute atomic E-state index is 0.178. The van der Waals surface area contributed by atoms with Gasteiger partial charge in [0.05, 0.1) is 23.7 Å². The molecule has 0 saturated heterocycles. The van der Waals surface area contributed by atoms with Crippen molar-refractivity contribution in [2.24, 2.45) is 0 Å². The highest BCUT2D eigenvalue weighted by atomic mass is 19.4. The standard InChI is InChI=1S/C22H14F3N5O/c1-31-20-9-8-19(28-29-20)30-18-7-6-15(22(23,24)25)11-16(18)27-21(30)17-10-13-4-2-3-5-14(13)12-26-17/h2-12H,1H3. The van der Waals surface area contributed by atoms with Crippen molar-refractivity contribution in [2.45, 2.75) is 6.18 Å². The summed E-state index contributed by atoms with van der Waals surface area (Å²) in [6, 6.07) is 16.2. The number of ether oxygens (including phenoxy) is 1. The van der Waals surface area contributed by atoms with E-state index in [4.69, 9.17) is 4.74 Å². The van der Waals surface area contributed by atoms with Crippen LogP contribution in [0.3, 0.4) is 0 Å². The lowest BCUT2D eigenvalue weighted by atomic mass is 10.1. The van der Waals surface area contributed by atoms with Crippen LogP contribution in [-0.2, 0) is 6.18 Å². The van der Waals surface area contributed by atoms with Crippen molar-refractivity contribution in [3.05, 3.63) is 72.4 Å². The number of methoxy groups -OCH3 is 1. The van der Waals surface area contributed by atoms with E-state index in [9.17, 15) is 13.2 Å². The predicted molar refractivity (Wildman–Crippen MR) is 109 cm³/mol. The third-order valence-corrected chi connectivity index (χ3v) is 4.91. The quantitative estimate of drug-likeness (QED) is 0.408. The number of hydrogen-bond acceptors (Lipinski definition) is 5. The molecule has 0 radical (unpaired) electrons. The molecule has 5 rings (SSSR count). The zero-order chi connectivity index (χ0) is 21.6. The van der Waals surface area contributed by atoms with E-state index in [2.05, 4.69) is 20.2 Å². The Bertz CT molecular complexity index is 1410. The fraction of sp³-hybridized carbons (Fsp3) is 0.0909. The van der Waals surface area contributed by atoms with Gasteiger partial charge in [-0.25, -0.2) is 4.98 Å². The smallest absolute Gasteiger partial charge is 0.416 e. The predicted octanol–water partition coefficient (Wildman–Crippen LogP) is 5.06. The van der Waals surface area contributed by atoms with E-state index in [0.29, 0.717) is 28.7 Å². The zero-order valence-corrected chi connectivity index (χ0v) is 16.1. The molecule has 0 aliphatic heterocycles. The molecular weight excluding hydrogens is 407 g/mol. The van der Waals surface area contributed by atoms with Crippen LogP contribution in [0.15, 0.2) is 66.9 Å². The van der Waals surface area contributed by atoms with E-state index >= 15 is 0 Å². The lowest BCUT2D eigenvalue weighted by Gasteiger charge is -2.09. The zero-order valence-electron chi connectivity index (χ0n) is 16.1. The van der Waals surface area contributed by atoms with Gasteiger partial charge in [0.2, 0.25) is 5.88 Å². The molecule has 0 saturated carbocycles. The number of pyridine rings is 1. The summed E-state index contributed by atoms with van der Waals surface area (Å²) in [6.07, 6.45) is -2.77. The number of alkyl halides is 3. The highest BCUT2D eigenvalue weighted by Crippen LogP contribution is 2.34. The third-order valence-electron chi connectivity index (χ3n) is 4.91. The number of imidazole rings is 1. The number of halogens is 3. The van der Waals surface area contributed by atoms with Gasteiger partial charge >= 0.3 is 6.18 Å². The Hall–Kier alpha value is -4.01. The van der Waals surface area contributed by atoms with Crippen LogP contribution in [0.25, 0.3) is 39.1 Å². The maximum Gasteiger partial charge on any atom is 0.416 e. The maximum absolute atomic E-state index is 13.2. The van der Waals surface area contributed by atoms with E-state index in [1.807, 2.05) is 30.3 Å². The summed E-state index contributed by atoms with van der Waals surface area (Å²) < 4.78 is 46.4. The topological polar surface area (TPSA) is 65.7 Å². The highest BCUT2D eigenvalue weighted by Gasteiger charge is 2.31. The van der Waals surface area contributed by atoms with Crippen molar-refractivity contribution >= 4 is 21.8 Å². The SMILES string of the molecule is COc1ccc(-n2c(-c3cc4ccccc4cn3)nc3cc(C(F)(F)F)ccc32)nn1. The van der Waals surface area contributed by atoms with Gasteiger partial charge in [0.1, 0.15) is 5.69 Å². The Kier molecular flexibility index (Phi) is 4.32. The molecule has 31 heavy (non-hydrogen) atoms. The number of fused-ring (bicyclic) bond motifs is 2. The van der Waals surface area contributed by atoms with Gasteiger partial charge in [-0.3, -0.25) is 9.55 Å². The van der Waals surface area contributed by atoms with E-state index in [1.165, 1.54) is 13.2 Å². The third kappa shape index (κ3) is 3.33. The molecule has 2 aromatic carbocycles. The molecule has 0 amide bonds. The average Bonchev–Trinajstić information content (AvgIpc) is 3.17. The molecule has 0 unspecified atom stereocenters. The Morgan fingerprint density at radius 3 is 2.42 bits per heavy atom. The van der Waals surface area contributed by atoms with Crippen molar-refractivity contribution in [3.63, 3.8) is 0 Å². The van der Waals surface area contributed by atoms with Gasteiger partial charge in [-0.2, -0.15) is 13.2 Å². The van der Waals surface area contributed by atoms with Crippen LogP contribution in [0, 0.1) is 0 Å². The van der Waals surface area contributed by atoms with Crippen LogP contribution >= 0.6 is 0 Å². The first kappa shape index (κ1) is 19.0. The summed E-state index contributed by atoms with van der Waals surface area (Å²) in [5, 5.41) is 10.0. The maximum atomic E-state index is 13.2. The lowest BCUT2D eigenvalue weighted by Crippen LogP contribution is -2.05. The van der Waals surface area contributed by atoms with Crippen molar-refractivity contribution < 1.29 is 17.9 Å². The minimum atomic E-state index is -4.47. The molecule has 9 heteroatoms. The first-order valence-corrected chi connectivity index (χ1v) is 9.27. The Morgan fingerprint density at radius 2 is 1.71 bits per heavy atom. The molecule has 0 spiro atoms. The highest BCUT2D eigenvalue weighted by molar-refractivity contribution is 5.87. The van der Waals surface area contributed by atoms with Crippen LogP contribution in [0.1, 0.15) is 5.56 Å². The van der Waals surface area contributed by atoms with Crippen LogP contribution in [0.4, 0.5) is 13.2 Å². The second-order valence-electron chi connectivity index (χ2n) is 6.82. The second-order valence-corrected chi connectivity index (χ2v) is 6.82. The van der Waals surface area contributed by atoms with E-state index in [1.54, 1.807) is 22.9 Å². The van der Waals surface area contributed by atoms with E-state index < -0.39 is 11.7 Å². The Morgan fingerprint density at radius 1 is 0.903 bits per heavy atom. The van der Waals surface area contributed by atoms with Gasteiger partial charge in [-0.15, -0.1) is 10.2 Å². The number of aromatic nitrogens is 5. The average molecular weight is 421 g/mol. The van der Waals surface area contributed by atoms with Crippen LogP contribution in [-0.4, -0.2) is 31.8 Å². The van der Waals surface area contributed by atoms with E-state index in [0.717, 1.165) is 22.9 Å². The fourth-order valence-corrected chi connectivity index (χ4v) is 3.41. The number of benzene rings is 2. The molecular formula is C22H14F3N5O. The molecule has 0 bridgehead atoms. The lowest BCUT2D eigenvalue weighted by molar-refractivity contribution is -0.137. The Balaban J connectivity index is 1.78. The molecule has 154 valence electrons. The van der Waals surface area contributed by atoms with Crippen molar-refractivity contribution in [1.82, 2.24) is 24.7 Å². The van der Waals surface area contributed by atoms with Gasteiger partial charge in [0.15, 0.2) is 11.6 Å². The first-order valence-electron chi connectivity index (χ1n) is 9.27. The van der Waals surface area contributed by atoms with Crippen LogP contribution in [0.5, 0.6) is 5.88 Å². The molecule has 5 aromatic rings. The van der Waals surface area contributed by atoms with Crippen LogP contribution < -0.4 is 4.74 Å². The summed E-state index contributed by atoms with van der Waals surface area (Å²) in [5.41, 5.74) is 0.361. The van der Waals surface area contributed by atoms with Crippen molar-refractivity contribution in [3.8, 4) is 23.2 Å². The molecule has 3 heterocycles. The Labute approximate surface area is 174 Å². The van der Waals surface area contributed by atoms with Gasteiger partial charge < -0.3 is 4.74 Å². The largest absolute Gasteiger partial charge is 0.480 e. The summed E-state index contributed by atoms with van der Waals surface area (Å²) in [6.45, 7) is 0. The minimum Gasteiger partial charge on any atom is -0.480 e. The molecule has 3 aromatic heterocycles. The number of nitrogens with zero attached hydrogens (tertiary/aromatic N) is 5. The summed E-state index contributed by atoms with van der Waals surface area (Å²) in [7, 11) is 1.47. The fourth-order valence-electron chi connectivity index (χ4n) is 3.41. The first-order chi connectivity index (χ1) is 14.9. The molecule has 0 aliphatic carbocycles. The normalized spacial score (nSPS) is 11.9. The molecule has 0 fully saturated rings. The monoisotopic (exact) mass is 421 g/mol. The molecule has 0 N–H and O–H groups in total. The summed E-state index contributed by atoms with van der Waals surface area (Å²) in [4.78, 5) is 8.97. The van der Waals surface area contributed by atoms with Gasteiger partial charge in [0, 0.05) is 17.6 Å². The summed E-state index contributed by atoms with van der Waals surface area (Å²) in [5.74, 6) is 1.06. The van der Waals surface area contributed by atoms with Gasteiger partial charge in [-0.05, 0) is 35.7 Å². The summed E-state index contributed by atoms with van der Waals surface area (Å²) >= 11 is 0.